The zero-order chi connectivity index (χ0) is 27.2. The van der Waals surface area contributed by atoms with Gasteiger partial charge in [-0.05, 0) is 42.5 Å². The largest absolute Gasteiger partial charge is 0.497 e. The third kappa shape index (κ3) is 7.61. The van der Waals surface area contributed by atoms with Crippen LogP contribution in [0.2, 0.25) is 10.0 Å². The van der Waals surface area contributed by atoms with Crippen molar-refractivity contribution in [1.29, 1.82) is 0 Å². The first kappa shape index (κ1) is 28.3. The second-order valence-electron chi connectivity index (χ2n) is 9.30. The Balaban J connectivity index is 1.80. The Morgan fingerprint density at radius 3 is 2.30 bits per heavy atom. The van der Waals surface area contributed by atoms with Crippen LogP contribution in [-0.4, -0.2) is 60.5 Å². The van der Waals surface area contributed by atoms with E-state index in [9.17, 15) is 9.59 Å². The van der Waals surface area contributed by atoms with E-state index >= 15 is 0 Å². The maximum atomic E-state index is 13.1. The third-order valence-corrected chi connectivity index (χ3v) is 6.16. The van der Waals surface area contributed by atoms with E-state index in [2.05, 4.69) is 10.6 Å². The van der Waals surface area contributed by atoms with E-state index in [1.807, 2.05) is 51.1 Å². The number of carbonyl (C=O) groups excluding carboxylic acids is 2. The number of urea groups is 1. The molecule has 0 aliphatic carbocycles. The van der Waals surface area contributed by atoms with Crippen molar-refractivity contribution in [3.8, 4) is 11.4 Å². The fraction of sp³-hybridized carbons (Fsp3) is 0.346. The summed E-state index contributed by atoms with van der Waals surface area (Å²) >= 11 is 12.0. The van der Waals surface area contributed by atoms with Gasteiger partial charge in [0.1, 0.15) is 18.1 Å². The number of anilines is 2. The summed E-state index contributed by atoms with van der Waals surface area (Å²) in [4.78, 5) is 27.4. The Bertz CT molecular complexity index is 1240. The maximum Gasteiger partial charge on any atom is 0.322 e. The number of halogens is 2. The topological polar surface area (TPSA) is 97.7 Å². The van der Waals surface area contributed by atoms with Crippen molar-refractivity contribution in [1.82, 2.24) is 14.7 Å². The van der Waals surface area contributed by atoms with E-state index in [-0.39, 0.29) is 25.1 Å². The van der Waals surface area contributed by atoms with Gasteiger partial charge in [-0.15, -0.1) is 0 Å². The molecule has 0 saturated heterocycles. The summed E-state index contributed by atoms with van der Waals surface area (Å²) in [6.45, 7) is 6.36. The monoisotopic (exact) mass is 547 g/mol. The highest BCUT2D eigenvalue weighted by atomic mass is 35.5. The number of hydrogen-bond acceptors (Lipinski definition) is 5. The number of nitrogens with zero attached hydrogens (tertiary/aromatic N) is 3. The molecule has 0 atom stereocenters. The number of ether oxygens (including phenoxy) is 2. The fourth-order valence-corrected chi connectivity index (χ4v) is 3.64. The van der Waals surface area contributed by atoms with Gasteiger partial charge >= 0.3 is 6.03 Å². The van der Waals surface area contributed by atoms with Gasteiger partial charge in [0.25, 0.3) is 0 Å². The molecule has 1 heterocycles. The number of hydrogen-bond donors (Lipinski definition) is 2. The lowest BCUT2D eigenvalue weighted by Gasteiger charge is -2.22. The van der Waals surface area contributed by atoms with E-state index < -0.39 is 11.9 Å². The van der Waals surface area contributed by atoms with Crippen molar-refractivity contribution in [2.24, 2.45) is 0 Å². The van der Waals surface area contributed by atoms with Gasteiger partial charge in [0.15, 0.2) is 0 Å². The molecular weight excluding hydrogens is 517 g/mol. The summed E-state index contributed by atoms with van der Waals surface area (Å²) in [7, 11) is 3.12. The molecule has 3 amide bonds. The zero-order valence-electron chi connectivity index (χ0n) is 21.5. The van der Waals surface area contributed by atoms with E-state index in [4.69, 9.17) is 37.8 Å². The molecule has 9 nitrogen and oxygen atoms in total. The van der Waals surface area contributed by atoms with Gasteiger partial charge in [0.05, 0.1) is 35.1 Å². The zero-order valence-corrected chi connectivity index (χ0v) is 23.0. The number of carbonyl (C=O) groups is 2. The molecule has 37 heavy (non-hydrogen) atoms. The van der Waals surface area contributed by atoms with Crippen molar-refractivity contribution in [2.75, 3.05) is 44.5 Å². The minimum atomic E-state index is -0.482. The first-order valence-corrected chi connectivity index (χ1v) is 12.3. The molecule has 1 aromatic heterocycles. The molecule has 0 unspecified atom stereocenters. The molecule has 11 heteroatoms. The van der Waals surface area contributed by atoms with Crippen LogP contribution in [0.25, 0.3) is 5.69 Å². The van der Waals surface area contributed by atoms with Crippen LogP contribution in [0.4, 0.5) is 16.3 Å². The van der Waals surface area contributed by atoms with Crippen LogP contribution < -0.4 is 15.4 Å². The molecule has 3 aromatic rings. The predicted octanol–water partition coefficient (Wildman–Crippen LogP) is 5.60. The molecule has 0 saturated carbocycles. The molecule has 0 spiro atoms. The molecule has 198 valence electrons. The maximum absolute atomic E-state index is 13.1. The highest BCUT2D eigenvalue weighted by Gasteiger charge is 2.23. The SMILES string of the molecule is COCCN(CC(=O)Nc1cc(C(C)(C)C)nn1-c1ccc(OC)cc1)C(=O)Nc1ccc(Cl)c(Cl)c1. The molecule has 3 rings (SSSR count). The summed E-state index contributed by atoms with van der Waals surface area (Å²) in [6.07, 6.45) is 0. The molecule has 0 aliphatic heterocycles. The average Bonchev–Trinajstić information content (AvgIpc) is 3.28. The van der Waals surface area contributed by atoms with E-state index in [0.29, 0.717) is 27.3 Å². The lowest BCUT2D eigenvalue weighted by atomic mass is 9.92. The van der Waals surface area contributed by atoms with Crippen LogP contribution in [-0.2, 0) is 14.9 Å². The molecule has 0 fully saturated rings. The van der Waals surface area contributed by atoms with Crippen molar-refractivity contribution in [3.63, 3.8) is 0 Å². The van der Waals surface area contributed by atoms with Crippen LogP contribution >= 0.6 is 23.2 Å². The van der Waals surface area contributed by atoms with Crippen LogP contribution in [0.15, 0.2) is 48.5 Å². The number of rotatable bonds is 9. The molecule has 0 radical (unpaired) electrons. The highest BCUT2D eigenvalue weighted by Crippen LogP contribution is 2.27. The molecule has 2 N–H and O–H groups in total. The second kappa shape index (κ2) is 12.3. The second-order valence-corrected chi connectivity index (χ2v) is 10.1. The van der Waals surface area contributed by atoms with Gasteiger partial charge in [0, 0.05) is 30.8 Å². The normalized spacial score (nSPS) is 11.2. The van der Waals surface area contributed by atoms with Crippen molar-refractivity contribution in [2.45, 2.75) is 26.2 Å². The Morgan fingerprint density at radius 2 is 1.70 bits per heavy atom. The van der Waals surface area contributed by atoms with Gasteiger partial charge < -0.3 is 25.0 Å². The van der Waals surface area contributed by atoms with Gasteiger partial charge in [-0.25, -0.2) is 9.48 Å². The van der Waals surface area contributed by atoms with Crippen molar-refractivity contribution < 1.29 is 19.1 Å². The van der Waals surface area contributed by atoms with E-state index in [1.165, 1.54) is 18.1 Å². The average molecular weight is 548 g/mol. The van der Waals surface area contributed by atoms with E-state index in [1.54, 1.807) is 23.9 Å². The van der Waals surface area contributed by atoms with E-state index in [0.717, 1.165) is 11.4 Å². The first-order chi connectivity index (χ1) is 17.5. The summed E-state index contributed by atoms with van der Waals surface area (Å²) in [6, 6.07) is 13.4. The Labute approximate surface area is 226 Å². The minimum Gasteiger partial charge on any atom is -0.497 e. The fourth-order valence-electron chi connectivity index (χ4n) is 3.34. The Kier molecular flexibility index (Phi) is 9.42. The summed E-state index contributed by atoms with van der Waals surface area (Å²) in [5.74, 6) is 0.798. The lowest BCUT2D eigenvalue weighted by molar-refractivity contribution is -0.116. The van der Waals surface area contributed by atoms with Gasteiger partial charge in [-0.2, -0.15) is 5.10 Å². The minimum absolute atomic E-state index is 0.196. The van der Waals surface area contributed by atoms with Gasteiger partial charge in [-0.1, -0.05) is 44.0 Å². The third-order valence-electron chi connectivity index (χ3n) is 5.42. The number of amides is 3. The first-order valence-electron chi connectivity index (χ1n) is 11.6. The van der Waals surface area contributed by atoms with Crippen LogP contribution in [0.3, 0.4) is 0 Å². The molecule has 0 aliphatic rings. The Hall–Kier alpha value is -3.27. The van der Waals surface area contributed by atoms with Gasteiger partial charge in [0.2, 0.25) is 5.91 Å². The summed E-state index contributed by atoms with van der Waals surface area (Å²) < 4.78 is 12.0. The smallest absolute Gasteiger partial charge is 0.322 e. The predicted molar refractivity (Wildman–Crippen MR) is 146 cm³/mol. The van der Waals surface area contributed by atoms with Gasteiger partial charge in [-0.3, -0.25) is 4.79 Å². The quantitative estimate of drug-likeness (QED) is 0.363. The summed E-state index contributed by atoms with van der Waals surface area (Å²) in [5, 5.41) is 11.0. The molecule has 0 bridgehead atoms. The highest BCUT2D eigenvalue weighted by molar-refractivity contribution is 6.42. The summed E-state index contributed by atoms with van der Waals surface area (Å²) in [5.41, 5.74) is 1.75. The van der Waals surface area contributed by atoms with Crippen LogP contribution in [0.1, 0.15) is 26.5 Å². The van der Waals surface area contributed by atoms with Crippen molar-refractivity contribution >= 4 is 46.6 Å². The number of aromatic nitrogens is 2. The molecular formula is C26H31Cl2N5O4. The van der Waals surface area contributed by atoms with Crippen LogP contribution in [0, 0.1) is 0 Å². The number of benzene rings is 2. The number of methoxy groups -OCH3 is 2. The Morgan fingerprint density at radius 1 is 1.00 bits per heavy atom. The standard InChI is InChI=1S/C26H31Cl2N5O4/c1-26(2,3)22-15-23(33(31-22)18-7-9-19(37-5)10-8-18)30-24(34)16-32(12-13-36-4)25(35)29-17-6-11-20(27)21(28)14-17/h6-11,14-15H,12-13,16H2,1-5H3,(H,29,35)(H,30,34). The number of nitrogens with one attached hydrogen (secondary N) is 2. The van der Waals surface area contributed by atoms with Crippen LogP contribution in [0.5, 0.6) is 5.75 Å². The molecule has 2 aromatic carbocycles. The lowest BCUT2D eigenvalue weighted by Crippen LogP contribution is -2.42. The van der Waals surface area contributed by atoms with Crippen molar-refractivity contribution in [3.05, 3.63) is 64.3 Å².